The van der Waals surface area contributed by atoms with Crippen LogP contribution in [0.2, 0.25) is 0 Å². The second-order valence-electron chi connectivity index (χ2n) is 33.3. The Kier molecular flexibility index (Phi) is 42.9. The lowest BCUT2D eigenvalue weighted by Gasteiger charge is -2.44. The van der Waals surface area contributed by atoms with Crippen LogP contribution in [-0.2, 0) is 0 Å². The molecule has 0 saturated heterocycles. The van der Waals surface area contributed by atoms with Crippen LogP contribution in [0.5, 0.6) is 0 Å². The van der Waals surface area contributed by atoms with E-state index in [1.54, 1.807) is 19.6 Å². The maximum atomic E-state index is 2.26. The van der Waals surface area contributed by atoms with Crippen molar-refractivity contribution in [1.29, 1.82) is 0 Å². The molecule has 0 radical (unpaired) electrons. The highest BCUT2D eigenvalue weighted by molar-refractivity contribution is 7.22. The number of quaternary nitrogens is 4. The van der Waals surface area contributed by atoms with Gasteiger partial charge < -0.3 is 19.6 Å². The van der Waals surface area contributed by atoms with Gasteiger partial charge in [-0.1, -0.05) is 485 Å². The molecule has 0 aliphatic carbocycles. The number of rotatable bonds is 28. The lowest BCUT2D eigenvalue weighted by Crippen LogP contribution is -3.11. The first kappa shape index (κ1) is 99.4. The minimum absolute atomic E-state index is 1.22. The summed E-state index contributed by atoms with van der Waals surface area (Å²) in [5.74, 6) is 0. The van der Waals surface area contributed by atoms with Gasteiger partial charge in [0.2, 0.25) is 0 Å². The standard InChI is InChI=1S/4C24H20B.4C6H15N/c4*1-5-13-21(14-6-1)25(22-15-7-2-8-16-22,23-17-9-3-10-18-23)24-19-11-4-12-20-24;4*1-4-7(5-2)6-3/h4*1-20H;4*4-6H2,1-3H3/q4*-1;;;;/p+4. The van der Waals surface area contributed by atoms with Gasteiger partial charge in [-0.2, -0.15) is 87.4 Å². The predicted octanol–water partition coefficient (Wildman–Crippen LogP) is 12.0. The van der Waals surface area contributed by atoms with Gasteiger partial charge in [-0.25, -0.2) is 0 Å². The Bertz CT molecular complexity index is 4070. The number of hydrogen-bond acceptors (Lipinski definition) is 0. The first-order chi connectivity index (χ1) is 63.1. The Hall–Kier alpha value is -12.4. The normalized spacial score (nSPS) is 11.0. The molecule has 0 aliphatic heterocycles. The highest BCUT2D eigenvalue weighted by Crippen LogP contribution is 2.15. The Morgan fingerprint density at radius 3 is 0.195 bits per heavy atom. The quantitative estimate of drug-likeness (QED) is 0.0350. The largest absolute Gasteiger partial charge is 0.336 e. The Morgan fingerprint density at radius 2 is 0.156 bits per heavy atom. The summed E-state index contributed by atoms with van der Waals surface area (Å²) < 4.78 is 0. The molecule has 0 unspecified atom stereocenters. The maximum absolute atomic E-state index is 2.26. The van der Waals surface area contributed by atoms with Crippen LogP contribution in [0.25, 0.3) is 0 Å². The van der Waals surface area contributed by atoms with Crippen LogP contribution in [-0.4, -0.2) is 103 Å². The van der Waals surface area contributed by atoms with Gasteiger partial charge in [0, 0.05) is 0 Å². The van der Waals surface area contributed by atoms with Gasteiger partial charge in [-0.05, 0) is 83.1 Å². The Balaban J connectivity index is 0.000000175. The molecule has 0 atom stereocenters. The van der Waals surface area contributed by atoms with Crippen LogP contribution in [0.1, 0.15) is 83.1 Å². The van der Waals surface area contributed by atoms with Crippen LogP contribution < -0.4 is 107 Å². The van der Waals surface area contributed by atoms with Gasteiger partial charge >= 0.3 is 0 Å². The molecule has 128 heavy (non-hydrogen) atoms. The zero-order valence-corrected chi connectivity index (χ0v) is 79.0. The molecule has 0 bridgehead atoms. The average molecular weight is 1690 g/mol. The molecular formula is C120H144B4N4. The molecule has 16 aromatic rings. The summed E-state index contributed by atoms with van der Waals surface area (Å²) in [6.07, 6.45) is -4.86. The van der Waals surface area contributed by atoms with Crippen molar-refractivity contribution >= 4 is 112 Å². The molecule has 0 aromatic heterocycles. The summed E-state index contributed by atoms with van der Waals surface area (Å²) in [5.41, 5.74) is 21.4. The minimum Gasteiger partial charge on any atom is -0.336 e. The summed E-state index contributed by atoms with van der Waals surface area (Å²) in [6, 6.07) is 174. The molecular weight excluding hydrogens is 1540 g/mol. The van der Waals surface area contributed by atoms with E-state index in [0.717, 1.165) is 0 Å². The van der Waals surface area contributed by atoms with Crippen molar-refractivity contribution in [1.82, 2.24) is 0 Å². The monoisotopic (exact) mass is 1690 g/mol. The fourth-order valence-corrected chi connectivity index (χ4v) is 19.5. The third-order valence-electron chi connectivity index (χ3n) is 26.8. The lowest BCUT2D eigenvalue weighted by atomic mass is 9.13. The van der Waals surface area contributed by atoms with E-state index in [0.29, 0.717) is 0 Å². The number of nitrogens with one attached hydrogen (secondary N) is 4. The van der Waals surface area contributed by atoms with Crippen LogP contribution in [0.15, 0.2) is 485 Å². The fourth-order valence-electron chi connectivity index (χ4n) is 19.5. The van der Waals surface area contributed by atoms with Gasteiger partial charge in [0.25, 0.3) is 0 Å². The van der Waals surface area contributed by atoms with Crippen molar-refractivity contribution in [2.45, 2.75) is 83.1 Å². The summed E-state index contributed by atoms with van der Waals surface area (Å²) in [5, 5.41) is 0. The molecule has 656 valence electrons. The van der Waals surface area contributed by atoms with Crippen LogP contribution in [0.3, 0.4) is 0 Å². The smallest absolute Gasteiger partial charge is 0.108 e. The second kappa shape index (κ2) is 55.3. The second-order valence-corrected chi connectivity index (χ2v) is 33.3. The predicted molar refractivity (Wildman–Crippen MR) is 571 cm³/mol. The van der Waals surface area contributed by atoms with E-state index in [9.17, 15) is 0 Å². The molecule has 0 saturated carbocycles. The van der Waals surface area contributed by atoms with Crippen molar-refractivity contribution in [3.8, 4) is 0 Å². The first-order valence-corrected chi connectivity index (χ1v) is 47.9. The molecule has 0 fully saturated rings. The molecule has 4 nitrogen and oxygen atoms in total. The molecule has 0 aliphatic rings. The topological polar surface area (TPSA) is 17.8 Å². The van der Waals surface area contributed by atoms with E-state index in [4.69, 9.17) is 0 Å². The van der Waals surface area contributed by atoms with Gasteiger partial charge in [-0.3, -0.25) is 0 Å². The van der Waals surface area contributed by atoms with E-state index in [-0.39, 0.29) is 0 Å². The highest BCUT2D eigenvalue weighted by atomic mass is 15.1. The first-order valence-electron chi connectivity index (χ1n) is 47.9. The van der Waals surface area contributed by atoms with Crippen molar-refractivity contribution < 1.29 is 19.6 Å². The fraction of sp³-hybridized carbons (Fsp3) is 0.200. The van der Waals surface area contributed by atoms with E-state index in [2.05, 4.69) is 568 Å². The summed E-state index contributed by atoms with van der Waals surface area (Å²) in [7, 11) is 0. The van der Waals surface area contributed by atoms with Gasteiger partial charge in [0.15, 0.2) is 0 Å². The van der Waals surface area contributed by atoms with Gasteiger partial charge in [-0.15, -0.1) is 0 Å². The van der Waals surface area contributed by atoms with E-state index >= 15 is 0 Å². The highest BCUT2D eigenvalue weighted by Gasteiger charge is 2.35. The Labute approximate surface area is 773 Å². The average Bonchev–Trinajstić information content (AvgIpc) is 0.756. The van der Waals surface area contributed by atoms with Crippen LogP contribution >= 0.6 is 0 Å². The summed E-state index contributed by atoms with van der Waals surface area (Å²) in [6.45, 7) is 41.9. The van der Waals surface area contributed by atoms with Crippen molar-refractivity contribution in [2.24, 2.45) is 0 Å². The molecule has 8 heteroatoms. The SMILES string of the molecule is CC[NH+](CC)CC.CC[NH+](CC)CC.CC[NH+](CC)CC.CC[NH+](CC)CC.c1ccc([B-](c2ccccc2)(c2ccccc2)c2ccccc2)cc1.c1ccc([B-](c2ccccc2)(c2ccccc2)c2ccccc2)cc1.c1ccc([B-](c2ccccc2)(c2ccccc2)c2ccccc2)cc1.c1ccc([B-](c2ccccc2)(c2ccccc2)c2ccccc2)cc1. The zero-order valence-electron chi connectivity index (χ0n) is 79.0. The van der Waals surface area contributed by atoms with E-state index in [1.165, 1.54) is 166 Å². The molecule has 0 spiro atoms. The molecule has 0 heterocycles. The number of benzene rings is 16. The van der Waals surface area contributed by atoms with Crippen molar-refractivity contribution in [3.63, 3.8) is 0 Å². The van der Waals surface area contributed by atoms with Crippen molar-refractivity contribution in [3.05, 3.63) is 485 Å². The Morgan fingerprint density at radius 1 is 0.102 bits per heavy atom. The summed E-state index contributed by atoms with van der Waals surface area (Å²) in [4.78, 5) is 6.72. The molecule has 16 aromatic carbocycles. The molecule has 16 rings (SSSR count). The van der Waals surface area contributed by atoms with E-state index in [1.807, 2.05) is 0 Å². The van der Waals surface area contributed by atoms with Crippen LogP contribution in [0, 0.1) is 0 Å². The third kappa shape index (κ3) is 26.0. The maximum Gasteiger partial charge on any atom is 0.108 e. The zero-order chi connectivity index (χ0) is 90.6. The molecule has 4 N–H and O–H groups in total. The number of hydrogen-bond donors (Lipinski definition) is 4. The van der Waals surface area contributed by atoms with Crippen LogP contribution in [0.4, 0.5) is 0 Å². The van der Waals surface area contributed by atoms with Crippen molar-refractivity contribution in [2.75, 3.05) is 78.5 Å². The summed E-state index contributed by atoms with van der Waals surface area (Å²) >= 11 is 0. The van der Waals surface area contributed by atoms with Gasteiger partial charge in [0.1, 0.15) is 24.6 Å². The lowest BCUT2D eigenvalue weighted by molar-refractivity contribution is -0.894. The van der Waals surface area contributed by atoms with E-state index < -0.39 is 24.6 Å². The minimum atomic E-state index is -1.22. The third-order valence-corrected chi connectivity index (χ3v) is 26.8. The van der Waals surface area contributed by atoms with Gasteiger partial charge in [0.05, 0.1) is 78.5 Å². The molecule has 0 amide bonds.